The van der Waals surface area contributed by atoms with Crippen LogP contribution in [0.25, 0.3) is 0 Å². The van der Waals surface area contributed by atoms with Crippen LogP contribution in [0.4, 0.5) is 0 Å². The third-order valence-electron chi connectivity index (χ3n) is 23.4. The molecule has 0 heterocycles. The predicted octanol–water partition coefficient (Wildman–Crippen LogP) is 33.8. The normalized spacial score (nSPS) is 16.3. The Kier molecular flexibility index (Phi) is 66.9. The molecule has 0 aromatic rings. The van der Waals surface area contributed by atoms with E-state index >= 15 is 0 Å². The fraction of sp³-hybridized carbons (Fsp3) is 1.00. The average molecular weight is 1740 g/mol. The van der Waals surface area contributed by atoms with Gasteiger partial charge in [0.25, 0.3) is 0 Å². The molecular formula is C89H202O10Si11. The lowest BCUT2D eigenvalue weighted by Gasteiger charge is -2.51. The minimum absolute atomic E-state index is 0.775. The lowest BCUT2D eigenvalue weighted by atomic mass is 10.1. The molecule has 0 saturated heterocycles. The van der Waals surface area contributed by atoms with Crippen LogP contribution < -0.4 is 0 Å². The minimum Gasteiger partial charge on any atom is -0.437 e. The zero-order valence-corrected chi connectivity index (χ0v) is 90.3. The molecule has 21 heteroatoms. The van der Waals surface area contributed by atoms with E-state index in [0.29, 0.717) is 0 Å². The van der Waals surface area contributed by atoms with E-state index in [1.54, 1.807) is 0 Å². The van der Waals surface area contributed by atoms with E-state index in [1.165, 1.54) is 347 Å². The molecule has 0 saturated carbocycles. The maximum Gasteiger partial charge on any atom is 0.323 e. The van der Waals surface area contributed by atoms with Gasteiger partial charge in [0, 0.05) is 0 Å². The summed E-state index contributed by atoms with van der Waals surface area (Å²) in [5.74, 6) is 0. The molecule has 0 bridgehead atoms. The van der Waals surface area contributed by atoms with E-state index in [9.17, 15) is 4.80 Å². The number of hydrogen-bond acceptors (Lipinski definition) is 10. The quantitative estimate of drug-likeness (QED) is 0.0468. The van der Waals surface area contributed by atoms with Crippen molar-refractivity contribution in [2.75, 3.05) is 0 Å². The molecule has 0 aliphatic heterocycles. The molecule has 110 heavy (non-hydrogen) atoms. The van der Waals surface area contributed by atoms with Crippen molar-refractivity contribution in [3.8, 4) is 0 Å². The Morgan fingerprint density at radius 2 is 0.336 bits per heavy atom. The van der Waals surface area contributed by atoms with E-state index in [0.717, 1.165) is 74.8 Å². The zero-order valence-electron chi connectivity index (χ0n) is 79.3. The van der Waals surface area contributed by atoms with Gasteiger partial charge in [0.2, 0.25) is 0 Å². The summed E-state index contributed by atoms with van der Waals surface area (Å²) in [6, 6.07) is 5.61. The molecule has 0 aliphatic carbocycles. The van der Waals surface area contributed by atoms with Crippen LogP contribution in [-0.2, 0) is 37.0 Å². The number of unbranched alkanes of at least 4 members (excludes halogenated alkanes) is 54. The van der Waals surface area contributed by atoms with Gasteiger partial charge >= 0.3 is 68.5 Å². The van der Waals surface area contributed by atoms with Crippen molar-refractivity contribution in [1.82, 2.24) is 0 Å². The second-order valence-corrected chi connectivity index (χ2v) is 85.9. The molecule has 0 aliphatic rings. The van der Waals surface area contributed by atoms with Crippen LogP contribution in [0.1, 0.15) is 427 Å². The molecule has 0 radical (unpaired) electrons. The molecule has 10 nitrogen and oxygen atoms in total. The molecule has 1 N–H and O–H groups in total. The first kappa shape index (κ1) is 112. The highest BCUT2D eigenvalue weighted by atomic mass is 29.3. The second-order valence-electron chi connectivity index (χ2n) is 39.3. The van der Waals surface area contributed by atoms with Gasteiger partial charge in [-0.2, -0.15) is 0 Å². The van der Waals surface area contributed by atoms with Gasteiger partial charge in [-0.05, 0) is 148 Å². The summed E-state index contributed by atoms with van der Waals surface area (Å²) >= 11 is 0. The summed E-state index contributed by atoms with van der Waals surface area (Å²) in [4.78, 5) is 12.9. The zero-order chi connectivity index (χ0) is 82.5. The fourth-order valence-corrected chi connectivity index (χ4v) is 82.8. The van der Waals surface area contributed by atoms with E-state index in [-0.39, 0.29) is 0 Å². The number of rotatable bonds is 85. The number of hydrogen-bond donors (Lipinski definition) is 1. The predicted molar refractivity (Wildman–Crippen MR) is 515 cm³/mol. The lowest BCUT2D eigenvalue weighted by Crippen LogP contribution is -2.70. The standard InChI is InChI=1S/C89H202O10Si11/c1-24-30-36-42-48-54-60-66-72-78-84-105(18,90)95-106(19,85-79-73-67-61-55-49-43-37-31-25-2)96-107(20,86-80-74-68-62-56-50-44-38-32-26-3)97-108(21,87-81-75-69-63-57-51-45-39-33-27-4)98-109(22,88-82-76-70-64-58-52-46-40-34-28-5)99-110(23,89-83-77-71-65-59-53-47-41-35-29-6)104(16,17)94-103(14,15)93-102(12,13)92-101(10,11)91-100(7,8)9/h90H,24-89H2,1-23H3. The Morgan fingerprint density at radius 1 is 0.164 bits per heavy atom. The molecule has 0 rings (SSSR count). The van der Waals surface area contributed by atoms with Crippen molar-refractivity contribution in [2.24, 2.45) is 0 Å². The van der Waals surface area contributed by atoms with Crippen LogP contribution in [0, 0.1) is 0 Å². The van der Waals surface area contributed by atoms with E-state index in [4.69, 9.17) is 37.0 Å². The Hall–Kier alpha value is 1.99. The first-order valence-corrected chi connectivity index (χ1v) is 80.1. The van der Waals surface area contributed by atoms with Gasteiger partial charge < -0.3 is 41.8 Å². The largest absolute Gasteiger partial charge is 0.437 e. The van der Waals surface area contributed by atoms with Crippen LogP contribution in [0.3, 0.4) is 0 Å². The lowest BCUT2D eigenvalue weighted by molar-refractivity contribution is 0.250. The average Bonchev–Trinajstić information content (AvgIpc) is 0.764. The topological polar surface area (TPSA) is 103 Å². The highest BCUT2D eigenvalue weighted by Gasteiger charge is 2.59. The summed E-state index contributed by atoms with van der Waals surface area (Å²) in [6.07, 6.45) is 77.9. The van der Waals surface area contributed by atoms with Crippen LogP contribution in [-0.4, -0.2) is 97.3 Å². The van der Waals surface area contributed by atoms with E-state index < -0.39 is 92.5 Å². The first-order chi connectivity index (χ1) is 52.0. The van der Waals surface area contributed by atoms with Crippen LogP contribution >= 0.6 is 0 Å². The molecular weight excluding hydrogens is 1540 g/mol. The Morgan fingerprint density at radius 3 is 0.564 bits per heavy atom. The monoisotopic (exact) mass is 1740 g/mol. The SMILES string of the molecule is CCCCCCCCCCCC[Si](C)(O)O[Si](C)(CCCCCCCCCCCC)O[Si](C)(CCCCCCCCCCCC)O[Si](C)(CCCCCCCCCCCC)O[Si](C)(CCCCCCCCCCCC)O[Si](C)(CCCCCCCCCCCC)[Si](C)(C)O[Si](C)(C)O[Si](C)(C)O[Si](C)(C)O[Si](C)(C)C. The fourth-order valence-electron chi connectivity index (χ4n) is 17.7. The highest BCUT2D eigenvalue weighted by molar-refractivity contribution is 7.38. The molecule has 0 fully saturated rings. The first-order valence-electron chi connectivity index (χ1n) is 49.0. The van der Waals surface area contributed by atoms with E-state index in [1.807, 2.05) is 0 Å². The Balaban J connectivity index is 8.45. The van der Waals surface area contributed by atoms with Gasteiger partial charge in [-0.25, -0.2) is 0 Å². The van der Waals surface area contributed by atoms with Crippen molar-refractivity contribution in [3.05, 3.63) is 0 Å². The minimum atomic E-state index is -3.17. The molecule has 0 aromatic heterocycles. The molecule has 0 amide bonds. The van der Waals surface area contributed by atoms with E-state index in [2.05, 4.69) is 153 Å². The van der Waals surface area contributed by atoms with Crippen molar-refractivity contribution in [1.29, 1.82) is 0 Å². The third kappa shape index (κ3) is 63.9. The van der Waals surface area contributed by atoms with Crippen LogP contribution in [0.5, 0.6) is 0 Å². The van der Waals surface area contributed by atoms with Crippen molar-refractivity contribution < 1.29 is 41.8 Å². The van der Waals surface area contributed by atoms with Gasteiger partial charge in [-0.1, -0.05) is 427 Å². The maximum absolute atomic E-state index is 12.9. The summed E-state index contributed by atoms with van der Waals surface area (Å²) in [7, 11) is -31.0. The van der Waals surface area contributed by atoms with Crippen molar-refractivity contribution >= 4 is 92.5 Å². The molecule has 6 atom stereocenters. The van der Waals surface area contributed by atoms with Gasteiger partial charge in [-0.3, -0.25) is 0 Å². The third-order valence-corrected chi connectivity index (χ3v) is 77.5. The van der Waals surface area contributed by atoms with Gasteiger partial charge in [-0.15, -0.1) is 0 Å². The smallest absolute Gasteiger partial charge is 0.323 e. The Bertz CT molecular complexity index is 2080. The second kappa shape index (κ2) is 65.7. The van der Waals surface area contributed by atoms with Gasteiger partial charge in [0.15, 0.2) is 24.0 Å². The van der Waals surface area contributed by atoms with Gasteiger partial charge in [0.05, 0.1) is 0 Å². The highest BCUT2D eigenvalue weighted by Crippen LogP contribution is 2.42. The molecule has 0 spiro atoms. The molecule has 6 unspecified atom stereocenters. The maximum atomic E-state index is 12.9. The molecule has 0 aromatic carbocycles. The van der Waals surface area contributed by atoms with Crippen molar-refractivity contribution in [2.45, 2.75) is 574 Å². The van der Waals surface area contributed by atoms with Crippen LogP contribution in [0.2, 0.25) is 148 Å². The van der Waals surface area contributed by atoms with Gasteiger partial charge in [0.1, 0.15) is 0 Å². The Labute approximate surface area is 703 Å². The summed E-state index contributed by atoms with van der Waals surface area (Å²) < 4.78 is 70.8. The van der Waals surface area contributed by atoms with Crippen molar-refractivity contribution in [3.63, 3.8) is 0 Å². The summed E-state index contributed by atoms with van der Waals surface area (Å²) in [6.45, 7) is 54.0. The van der Waals surface area contributed by atoms with Crippen LogP contribution in [0.15, 0.2) is 0 Å². The molecule has 662 valence electrons. The summed E-state index contributed by atoms with van der Waals surface area (Å²) in [5.41, 5.74) is 0. The summed E-state index contributed by atoms with van der Waals surface area (Å²) in [5, 5.41) is 0.